The molecule has 100 valence electrons. The van der Waals surface area contributed by atoms with Crippen molar-refractivity contribution in [2.45, 2.75) is 32.7 Å². The van der Waals surface area contributed by atoms with Crippen molar-refractivity contribution in [1.29, 1.82) is 0 Å². The van der Waals surface area contributed by atoms with Gasteiger partial charge in [-0.25, -0.2) is 4.98 Å². The second-order valence-corrected chi connectivity index (χ2v) is 4.36. The maximum absolute atomic E-state index is 11.5. The largest absolute Gasteiger partial charge is 0.350 e. The Morgan fingerprint density at radius 3 is 2.95 bits per heavy atom. The van der Waals surface area contributed by atoms with E-state index >= 15 is 0 Å². The van der Waals surface area contributed by atoms with E-state index in [1.807, 2.05) is 18.2 Å². The summed E-state index contributed by atoms with van der Waals surface area (Å²) in [5.74, 6) is 0.504. The van der Waals surface area contributed by atoms with Gasteiger partial charge < -0.3 is 5.32 Å². The van der Waals surface area contributed by atoms with Gasteiger partial charge in [0.05, 0.1) is 12.2 Å². The number of aryl methyl sites for hydroxylation is 1. The van der Waals surface area contributed by atoms with Crippen molar-refractivity contribution in [3.05, 3.63) is 52.2 Å². The van der Waals surface area contributed by atoms with E-state index in [-0.39, 0.29) is 5.56 Å². The van der Waals surface area contributed by atoms with E-state index < -0.39 is 0 Å². The highest BCUT2D eigenvalue weighted by atomic mass is 16.1. The fraction of sp³-hybridized carbons (Fsp3) is 0.357. The van der Waals surface area contributed by atoms with Crippen LogP contribution in [0.4, 0.5) is 5.95 Å². The molecule has 0 unspecified atom stereocenters. The summed E-state index contributed by atoms with van der Waals surface area (Å²) in [4.78, 5) is 22.8. The van der Waals surface area contributed by atoms with Gasteiger partial charge in [-0.15, -0.1) is 0 Å². The molecule has 0 aromatic carbocycles. The number of unbranched alkanes of at least 4 members (excludes halogenated alkanes) is 1. The van der Waals surface area contributed by atoms with Crippen LogP contribution in [-0.4, -0.2) is 15.0 Å². The van der Waals surface area contributed by atoms with Crippen molar-refractivity contribution in [2.24, 2.45) is 0 Å². The number of hydrogen-bond donors (Lipinski definition) is 2. The highest BCUT2D eigenvalue weighted by Gasteiger charge is 2.01. The molecule has 2 aromatic rings. The molecule has 0 fully saturated rings. The van der Waals surface area contributed by atoms with Crippen molar-refractivity contribution < 1.29 is 0 Å². The third-order valence-electron chi connectivity index (χ3n) is 2.74. The zero-order chi connectivity index (χ0) is 13.5. The van der Waals surface area contributed by atoms with Crippen LogP contribution >= 0.6 is 0 Å². The molecular weight excluding hydrogens is 240 g/mol. The third-order valence-corrected chi connectivity index (χ3v) is 2.74. The van der Waals surface area contributed by atoms with Crippen LogP contribution < -0.4 is 10.9 Å². The third kappa shape index (κ3) is 4.21. The van der Waals surface area contributed by atoms with Crippen LogP contribution in [0.1, 0.15) is 31.2 Å². The second-order valence-electron chi connectivity index (χ2n) is 4.36. The average Bonchev–Trinajstić information content (AvgIpc) is 2.43. The highest BCUT2D eigenvalue weighted by molar-refractivity contribution is 5.26. The van der Waals surface area contributed by atoms with Crippen molar-refractivity contribution in [3.8, 4) is 0 Å². The fourth-order valence-corrected chi connectivity index (χ4v) is 1.75. The van der Waals surface area contributed by atoms with Crippen LogP contribution in [0.3, 0.4) is 0 Å². The molecule has 0 saturated heterocycles. The molecule has 0 radical (unpaired) electrons. The van der Waals surface area contributed by atoms with Gasteiger partial charge in [0.2, 0.25) is 5.95 Å². The lowest BCUT2D eigenvalue weighted by Gasteiger charge is -2.06. The Morgan fingerprint density at radius 2 is 2.21 bits per heavy atom. The van der Waals surface area contributed by atoms with Crippen molar-refractivity contribution in [2.75, 3.05) is 5.32 Å². The molecule has 5 nitrogen and oxygen atoms in total. The monoisotopic (exact) mass is 258 g/mol. The maximum atomic E-state index is 11.5. The first-order valence-corrected chi connectivity index (χ1v) is 6.52. The Hall–Kier alpha value is -2.17. The summed E-state index contributed by atoms with van der Waals surface area (Å²) in [6, 6.07) is 7.28. The van der Waals surface area contributed by atoms with Crippen molar-refractivity contribution in [3.63, 3.8) is 0 Å². The van der Waals surface area contributed by atoms with Gasteiger partial charge in [0.15, 0.2) is 0 Å². The quantitative estimate of drug-likeness (QED) is 0.832. The summed E-state index contributed by atoms with van der Waals surface area (Å²) in [5.41, 5.74) is 1.61. The number of anilines is 1. The van der Waals surface area contributed by atoms with E-state index in [1.165, 1.54) is 0 Å². The predicted octanol–water partition coefficient (Wildman–Crippen LogP) is 2.12. The van der Waals surface area contributed by atoms with Gasteiger partial charge in [-0.2, -0.15) is 0 Å². The van der Waals surface area contributed by atoms with Crippen LogP contribution in [0.25, 0.3) is 0 Å². The number of hydrogen-bond acceptors (Lipinski definition) is 4. The molecule has 0 bridgehead atoms. The summed E-state index contributed by atoms with van der Waals surface area (Å²) in [6.07, 6.45) is 4.70. The Balaban J connectivity index is 2.03. The Kier molecular flexibility index (Phi) is 4.66. The highest BCUT2D eigenvalue weighted by Crippen LogP contribution is 2.04. The second kappa shape index (κ2) is 6.68. The van der Waals surface area contributed by atoms with Crippen LogP contribution in [0, 0.1) is 0 Å². The van der Waals surface area contributed by atoms with Gasteiger partial charge in [0.1, 0.15) is 0 Å². The molecule has 0 aliphatic heterocycles. The fourth-order valence-electron chi connectivity index (χ4n) is 1.75. The zero-order valence-corrected chi connectivity index (χ0v) is 11.0. The van der Waals surface area contributed by atoms with Gasteiger partial charge in [-0.1, -0.05) is 19.4 Å². The minimum absolute atomic E-state index is 0.121. The molecule has 0 saturated carbocycles. The molecule has 0 aliphatic rings. The van der Waals surface area contributed by atoms with Crippen LogP contribution in [0.2, 0.25) is 0 Å². The predicted molar refractivity (Wildman–Crippen MR) is 75.0 cm³/mol. The normalized spacial score (nSPS) is 10.4. The van der Waals surface area contributed by atoms with Crippen molar-refractivity contribution in [1.82, 2.24) is 15.0 Å². The van der Waals surface area contributed by atoms with E-state index in [0.717, 1.165) is 30.7 Å². The topological polar surface area (TPSA) is 70.7 Å². The molecule has 2 heterocycles. The van der Waals surface area contributed by atoms with E-state index in [4.69, 9.17) is 0 Å². The minimum atomic E-state index is -0.121. The summed E-state index contributed by atoms with van der Waals surface area (Å²) in [6.45, 7) is 2.66. The minimum Gasteiger partial charge on any atom is -0.350 e. The Morgan fingerprint density at radius 1 is 1.32 bits per heavy atom. The number of H-pyrrole nitrogens is 1. The van der Waals surface area contributed by atoms with Gasteiger partial charge in [0, 0.05) is 18.0 Å². The number of aromatic amines is 1. The number of aromatic nitrogens is 3. The lowest BCUT2D eigenvalue weighted by atomic mass is 10.2. The molecule has 2 rings (SSSR count). The first kappa shape index (κ1) is 13.3. The number of pyridine rings is 1. The number of rotatable bonds is 6. The molecule has 5 heteroatoms. The van der Waals surface area contributed by atoms with Gasteiger partial charge in [0.25, 0.3) is 5.56 Å². The van der Waals surface area contributed by atoms with Gasteiger partial charge >= 0.3 is 0 Å². The Labute approximate surface area is 112 Å². The molecule has 0 aliphatic carbocycles. The lowest BCUT2D eigenvalue weighted by Crippen LogP contribution is -2.14. The van der Waals surface area contributed by atoms with E-state index in [0.29, 0.717) is 12.5 Å². The van der Waals surface area contributed by atoms with Gasteiger partial charge in [-0.05, 0) is 25.0 Å². The average molecular weight is 258 g/mol. The van der Waals surface area contributed by atoms with Crippen LogP contribution in [0.5, 0.6) is 0 Å². The summed E-state index contributed by atoms with van der Waals surface area (Å²) < 4.78 is 0. The SMILES string of the molecule is CCCCc1cc(=O)[nH]c(NCc2ccccn2)n1. The molecule has 0 atom stereocenters. The molecule has 0 amide bonds. The number of nitrogens with one attached hydrogen (secondary N) is 2. The standard InChI is InChI=1S/C14H18N4O/c1-2-3-6-11-9-13(19)18-14(17-11)16-10-12-7-4-5-8-15-12/h4-5,7-9H,2-3,6,10H2,1H3,(H2,16,17,18,19). The van der Waals surface area contributed by atoms with Gasteiger partial charge in [-0.3, -0.25) is 14.8 Å². The molecule has 2 aromatic heterocycles. The molecular formula is C14H18N4O. The molecule has 2 N–H and O–H groups in total. The zero-order valence-electron chi connectivity index (χ0n) is 11.0. The lowest BCUT2D eigenvalue weighted by molar-refractivity contribution is 0.771. The van der Waals surface area contributed by atoms with Crippen molar-refractivity contribution >= 4 is 5.95 Å². The smallest absolute Gasteiger partial charge is 0.252 e. The van der Waals surface area contributed by atoms with E-state index in [2.05, 4.69) is 27.2 Å². The van der Waals surface area contributed by atoms with Crippen LogP contribution in [-0.2, 0) is 13.0 Å². The summed E-state index contributed by atoms with van der Waals surface area (Å²) in [5, 5.41) is 3.09. The first-order valence-electron chi connectivity index (χ1n) is 6.52. The Bertz CT molecular complexity index is 565. The van der Waals surface area contributed by atoms with Crippen LogP contribution in [0.15, 0.2) is 35.3 Å². The summed E-state index contributed by atoms with van der Waals surface area (Å²) >= 11 is 0. The number of nitrogens with zero attached hydrogens (tertiary/aromatic N) is 2. The molecule has 19 heavy (non-hydrogen) atoms. The summed E-state index contributed by atoms with van der Waals surface area (Å²) in [7, 11) is 0. The van der Waals surface area contributed by atoms with E-state index in [9.17, 15) is 4.79 Å². The maximum Gasteiger partial charge on any atom is 0.252 e. The van der Waals surface area contributed by atoms with E-state index in [1.54, 1.807) is 12.3 Å². The molecule has 0 spiro atoms. The first-order chi connectivity index (χ1) is 9.28.